The summed E-state index contributed by atoms with van der Waals surface area (Å²) in [5.41, 5.74) is 1.13. The van der Waals surface area contributed by atoms with Gasteiger partial charge in [0.1, 0.15) is 0 Å². The molecule has 3 aromatic rings. The van der Waals surface area contributed by atoms with E-state index in [4.69, 9.17) is 0 Å². The van der Waals surface area contributed by atoms with Crippen LogP contribution in [0.1, 0.15) is 10.4 Å². The summed E-state index contributed by atoms with van der Waals surface area (Å²) in [5.74, 6) is 0. The fraction of sp³-hybridized carbons (Fsp3) is 0. The number of benzene rings is 1. The lowest BCUT2D eigenvalue weighted by Crippen LogP contribution is -1.72. The summed E-state index contributed by atoms with van der Waals surface area (Å²) in [6.07, 6.45) is 7.89. The first-order valence-electron chi connectivity index (χ1n) is 5.48. The summed E-state index contributed by atoms with van der Waals surface area (Å²) < 4.78 is 1.33. The van der Waals surface area contributed by atoms with E-state index in [0.29, 0.717) is 0 Å². The van der Waals surface area contributed by atoms with Gasteiger partial charge in [0.2, 0.25) is 0 Å². The lowest BCUT2D eigenvalue weighted by atomic mass is 10.2. The van der Waals surface area contributed by atoms with Gasteiger partial charge >= 0.3 is 0 Å². The molecule has 0 spiro atoms. The van der Waals surface area contributed by atoms with Gasteiger partial charge in [0.05, 0.1) is 0 Å². The van der Waals surface area contributed by atoms with Crippen molar-refractivity contribution in [1.29, 1.82) is 0 Å². The van der Waals surface area contributed by atoms with Gasteiger partial charge in [-0.2, -0.15) is 0 Å². The van der Waals surface area contributed by atoms with E-state index in [1.165, 1.54) is 15.0 Å². The summed E-state index contributed by atoms with van der Waals surface area (Å²) in [5, 5.41) is 1.31. The molecule has 2 heteroatoms. The maximum Gasteiger partial charge on any atom is 0.0349 e. The Labute approximate surface area is 104 Å². The molecule has 0 aliphatic heterocycles. The van der Waals surface area contributed by atoms with Gasteiger partial charge in [-0.3, -0.25) is 4.98 Å². The van der Waals surface area contributed by atoms with Gasteiger partial charge in [-0.05, 0) is 35.2 Å². The average Bonchev–Trinajstić information content (AvgIpc) is 2.80. The summed E-state index contributed by atoms with van der Waals surface area (Å²) in [7, 11) is 0. The predicted molar refractivity (Wildman–Crippen MR) is 75.0 cm³/mol. The van der Waals surface area contributed by atoms with Gasteiger partial charge in [-0.1, -0.05) is 30.3 Å². The van der Waals surface area contributed by atoms with Crippen molar-refractivity contribution < 1.29 is 0 Å². The standard InChI is InChI=1S/C15H11NS/c1-2-6-15-13(5-1)10-14(17-15)8-7-12-4-3-9-16-11-12/h1-11H/b8-7+. The van der Waals surface area contributed by atoms with E-state index in [1.807, 2.05) is 23.6 Å². The average molecular weight is 237 g/mol. The van der Waals surface area contributed by atoms with Crippen LogP contribution in [-0.4, -0.2) is 4.98 Å². The molecule has 2 heterocycles. The maximum atomic E-state index is 4.09. The van der Waals surface area contributed by atoms with E-state index in [2.05, 4.69) is 53.5 Å². The minimum Gasteiger partial charge on any atom is -0.264 e. The van der Waals surface area contributed by atoms with Crippen molar-refractivity contribution in [2.45, 2.75) is 0 Å². The first kappa shape index (κ1) is 10.2. The van der Waals surface area contributed by atoms with Crippen LogP contribution >= 0.6 is 11.3 Å². The molecule has 0 fully saturated rings. The minimum atomic E-state index is 1.13. The van der Waals surface area contributed by atoms with Crippen LogP contribution in [-0.2, 0) is 0 Å². The molecule has 82 valence electrons. The Morgan fingerprint density at radius 1 is 1.00 bits per heavy atom. The third-order valence-electron chi connectivity index (χ3n) is 2.57. The van der Waals surface area contributed by atoms with Gasteiger partial charge in [0, 0.05) is 22.0 Å². The topological polar surface area (TPSA) is 12.9 Å². The maximum absolute atomic E-state index is 4.09. The van der Waals surface area contributed by atoms with Crippen molar-refractivity contribution in [3.63, 3.8) is 0 Å². The fourth-order valence-electron chi connectivity index (χ4n) is 1.74. The SMILES string of the molecule is C(=C\c1cc2ccccc2s1)/c1cccnc1. The Morgan fingerprint density at radius 2 is 1.94 bits per heavy atom. The van der Waals surface area contributed by atoms with Gasteiger partial charge in [0.25, 0.3) is 0 Å². The zero-order valence-electron chi connectivity index (χ0n) is 9.21. The van der Waals surface area contributed by atoms with Crippen LogP contribution in [0.25, 0.3) is 22.2 Å². The third-order valence-corrected chi connectivity index (χ3v) is 3.65. The normalized spacial score (nSPS) is 11.3. The van der Waals surface area contributed by atoms with Gasteiger partial charge in [-0.15, -0.1) is 11.3 Å². The highest BCUT2D eigenvalue weighted by atomic mass is 32.1. The smallest absolute Gasteiger partial charge is 0.0349 e. The second kappa shape index (κ2) is 4.52. The van der Waals surface area contributed by atoms with Crippen molar-refractivity contribution in [3.05, 3.63) is 65.3 Å². The van der Waals surface area contributed by atoms with Crippen LogP contribution in [0.2, 0.25) is 0 Å². The molecule has 0 bridgehead atoms. The monoisotopic (exact) mass is 237 g/mol. The molecule has 3 rings (SSSR count). The predicted octanol–water partition coefficient (Wildman–Crippen LogP) is 4.47. The minimum absolute atomic E-state index is 1.13. The molecule has 0 saturated carbocycles. The number of hydrogen-bond acceptors (Lipinski definition) is 2. The quantitative estimate of drug-likeness (QED) is 0.641. The Kier molecular flexibility index (Phi) is 2.72. The van der Waals surface area contributed by atoms with Gasteiger partial charge in [0.15, 0.2) is 0 Å². The van der Waals surface area contributed by atoms with E-state index in [0.717, 1.165) is 5.56 Å². The molecule has 0 radical (unpaired) electrons. The van der Waals surface area contributed by atoms with Crippen molar-refractivity contribution in [2.24, 2.45) is 0 Å². The highest BCUT2D eigenvalue weighted by Crippen LogP contribution is 2.26. The lowest BCUT2D eigenvalue weighted by molar-refractivity contribution is 1.32. The third kappa shape index (κ3) is 2.27. The first-order valence-corrected chi connectivity index (χ1v) is 6.30. The Morgan fingerprint density at radius 3 is 2.76 bits per heavy atom. The van der Waals surface area contributed by atoms with Crippen molar-refractivity contribution >= 4 is 33.6 Å². The Bertz CT molecular complexity index is 620. The number of thiophene rings is 1. The molecule has 0 amide bonds. The van der Waals surface area contributed by atoms with E-state index in [9.17, 15) is 0 Å². The molecule has 1 nitrogen and oxygen atoms in total. The highest BCUT2D eigenvalue weighted by Gasteiger charge is 1.97. The van der Waals surface area contributed by atoms with E-state index in [-0.39, 0.29) is 0 Å². The molecule has 0 unspecified atom stereocenters. The second-order valence-corrected chi connectivity index (χ2v) is 4.92. The number of aromatic nitrogens is 1. The van der Waals surface area contributed by atoms with E-state index >= 15 is 0 Å². The lowest BCUT2D eigenvalue weighted by Gasteiger charge is -1.88. The molecule has 0 aliphatic carbocycles. The second-order valence-electron chi connectivity index (χ2n) is 3.81. The van der Waals surface area contributed by atoms with Crippen LogP contribution in [0.3, 0.4) is 0 Å². The molecule has 0 N–H and O–H groups in total. The van der Waals surface area contributed by atoms with Crippen LogP contribution in [0.15, 0.2) is 54.9 Å². The van der Waals surface area contributed by atoms with Crippen molar-refractivity contribution in [3.8, 4) is 0 Å². The summed E-state index contributed by atoms with van der Waals surface area (Å²) in [6.45, 7) is 0. The van der Waals surface area contributed by atoms with Crippen LogP contribution in [0.4, 0.5) is 0 Å². The fourth-order valence-corrected chi connectivity index (χ4v) is 2.70. The molecule has 2 aromatic heterocycles. The van der Waals surface area contributed by atoms with Gasteiger partial charge < -0.3 is 0 Å². The highest BCUT2D eigenvalue weighted by molar-refractivity contribution is 7.19. The Hall–Kier alpha value is -1.93. The molecule has 0 atom stereocenters. The van der Waals surface area contributed by atoms with E-state index < -0.39 is 0 Å². The van der Waals surface area contributed by atoms with Crippen LogP contribution in [0, 0.1) is 0 Å². The number of fused-ring (bicyclic) bond motifs is 1. The number of hydrogen-bond donors (Lipinski definition) is 0. The number of pyridine rings is 1. The zero-order chi connectivity index (χ0) is 11.5. The molecule has 0 saturated heterocycles. The van der Waals surface area contributed by atoms with Crippen LogP contribution < -0.4 is 0 Å². The van der Waals surface area contributed by atoms with Gasteiger partial charge in [-0.25, -0.2) is 0 Å². The van der Waals surface area contributed by atoms with Crippen molar-refractivity contribution in [2.75, 3.05) is 0 Å². The Balaban J connectivity index is 1.92. The molecule has 0 aliphatic rings. The van der Waals surface area contributed by atoms with Crippen molar-refractivity contribution in [1.82, 2.24) is 4.98 Å². The molecule has 17 heavy (non-hydrogen) atoms. The van der Waals surface area contributed by atoms with E-state index in [1.54, 1.807) is 6.20 Å². The molecular weight excluding hydrogens is 226 g/mol. The molecule has 1 aromatic carbocycles. The van der Waals surface area contributed by atoms with Crippen LogP contribution in [0.5, 0.6) is 0 Å². The first-order chi connectivity index (χ1) is 8.42. The molecular formula is C15H11NS. The summed E-state index contributed by atoms with van der Waals surface area (Å²) in [4.78, 5) is 5.37. The zero-order valence-corrected chi connectivity index (χ0v) is 10.0. The largest absolute Gasteiger partial charge is 0.264 e. The number of nitrogens with zero attached hydrogens (tertiary/aromatic N) is 1. The summed E-state index contributed by atoms with van der Waals surface area (Å²) in [6, 6.07) is 14.7. The number of rotatable bonds is 2. The summed E-state index contributed by atoms with van der Waals surface area (Å²) >= 11 is 1.81.